The van der Waals surface area contributed by atoms with E-state index in [-0.39, 0.29) is 0 Å². The molecule has 0 amide bonds. The number of nitrogens with zero attached hydrogens (tertiary/aromatic N) is 2. The van der Waals surface area contributed by atoms with E-state index in [0.717, 1.165) is 36.7 Å². The second kappa shape index (κ2) is 6.22. The number of rotatable bonds is 3. The molecule has 1 aromatic carbocycles. The van der Waals surface area contributed by atoms with Crippen molar-refractivity contribution in [2.24, 2.45) is 0 Å². The number of benzene rings is 1. The Labute approximate surface area is 126 Å². The van der Waals surface area contributed by atoms with E-state index in [1.54, 1.807) is 0 Å². The Kier molecular flexibility index (Phi) is 4.33. The molecule has 0 aromatic heterocycles. The molecule has 2 aliphatic heterocycles. The summed E-state index contributed by atoms with van der Waals surface area (Å²) < 4.78 is 11.1. The van der Waals surface area contributed by atoms with Crippen LogP contribution in [0.5, 0.6) is 11.5 Å². The molecular formula is C16H24N2O3. The van der Waals surface area contributed by atoms with Gasteiger partial charge in [0.05, 0.1) is 6.10 Å². The van der Waals surface area contributed by atoms with E-state index in [1.807, 2.05) is 18.2 Å². The summed E-state index contributed by atoms with van der Waals surface area (Å²) in [6.45, 7) is 7.10. The van der Waals surface area contributed by atoms with Crippen molar-refractivity contribution in [3.8, 4) is 11.5 Å². The molecule has 1 N–H and O–H groups in total. The minimum absolute atomic E-state index is 0.489. The van der Waals surface area contributed by atoms with Crippen LogP contribution in [-0.4, -0.2) is 67.4 Å². The third-order valence-corrected chi connectivity index (χ3v) is 4.43. The highest BCUT2D eigenvalue weighted by molar-refractivity contribution is 5.44. The van der Waals surface area contributed by atoms with Gasteiger partial charge in [-0.15, -0.1) is 0 Å². The van der Waals surface area contributed by atoms with E-state index in [9.17, 15) is 5.11 Å². The molecule has 2 unspecified atom stereocenters. The zero-order chi connectivity index (χ0) is 14.8. The summed E-state index contributed by atoms with van der Waals surface area (Å²) in [7, 11) is 2.15. The molecule has 3 rings (SSSR count). The first-order valence-electron chi connectivity index (χ1n) is 7.63. The zero-order valence-corrected chi connectivity index (χ0v) is 12.8. The molecule has 2 aliphatic rings. The number of hydrogen-bond donors (Lipinski definition) is 1. The van der Waals surface area contributed by atoms with E-state index in [4.69, 9.17) is 9.47 Å². The van der Waals surface area contributed by atoms with Crippen molar-refractivity contribution in [1.82, 2.24) is 9.80 Å². The van der Waals surface area contributed by atoms with Gasteiger partial charge in [-0.25, -0.2) is 0 Å². The van der Waals surface area contributed by atoms with Crippen LogP contribution in [0.3, 0.4) is 0 Å². The van der Waals surface area contributed by atoms with Crippen LogP contribution in [0.1, 0.15) is 18.6 Å². The van der Waals surface area contributed by atoms with Gasteiger partial charge < -0.3 is 19.5 Å². The molecule has 5 heteroatoms. The summed E-state index contributed by atoms with van der Waals surface area (Å²) in [6.07, 6.45) is -0.489. The predicted molar refractivity (Wildman–Crippen MR) is 80.9 cm³/mol. The van der Waals surface area contributed by atoms with Gasteiger partial charge in [0.15, 0.2) is 11.5 Å². The van der Waals surface area contributed by atoms with E-state index < -0.39 is 6.10 Å². The third-order valence-electron chi connectivity index (χ3n) is 4.43. The van der Waals surface area contributed by atoms with Crippen LogP contribution >= 0.6 is 0 Å². The van der Waals surface area contributed by atoms with Gasteiger partial charge in [0, 0.05) is 32.2 Å². The number of ether oxygens (including phenoxy) is 2. The first kappa shape index (κ1) is 14.6. The van der Waals surface area contributed by atoms with Gasteiger partial charge in [0.25, 0.3) is 0 Å². The molecule has 21 heavy (non-hydrogen) atoms. The lowest BCUT2D eigenvalue weighted by molar-refractivity contribution is 0.0566. The Bertz CT molecular complexity index is 494. The fraction of sp³-hybridized carbons (Fsp3) is 0.625. The van der Waals surface area contributed by atoms with E-state index in [0.29, 0.717) is 25.8 Å². The monoisotopic (exact) mass is 292 g/mol. The van der Waals surface area contributed by atoms with Crippen LogP contribution in [0.4, 0.5) is 0 Å². The topological polar surface area (TPSA) is 45.2 Å². The van der Waals surface area contributed by atoms with E-state index in [2.05, 4.69) is 23.8 Å². The minimum atomic E-state index is -0.489. The largest absolute Gasteiger partial charge is 0.486 e. The quantitative estimate of drug-likeness (QED) is 0.905. The molecule has 1 fully saturated rings. The van der Waals surface area contributed by atoms with Gasteiger partial charge in [-0.05, 0) is 31.7 Å². The Morgan fingerprint density at radius 3 is 2.76 bits per heavy atom. The van der Waals surface area contributed by atoms with Crippen LogP contribution in [0.25, 0.3) is 0 Å². The molecule has 2 atom stereocenters. The molecule has 5 nitrogen and oxygen atoms in total. The van der Waals surface area contributed by atoms with Crippen molar-refractivity contribution < 1.29 is 14.6 Å². The highest BCUT2D eigenvalue weighted by atomic mass is 16.6. The summed E-state index contributed by atoms with van der Waals surface area (Å²) in [4.78, 5) is 4.68. The number of fused-ring (bicyclic) bond motifs is 1. The first-order chi connectivity index (χ1) is 10.1. The number of aliphatic hydroxyl groups excluding tert-OH is 1. The molecule has 0 aliphatic carbocycles. The van der Waals surface area contributed by atoms with Crippen molar-refractivity contribution in [3.05, 3.63) is 23.8 Å². The second-order valence-corrected chi connectivity index (χ2v) is 6.01. The molecule has 0 bridgehead atoms. The molecule has 0 spiro atoms. The van der Waals surface area contributed by atoms with Gasteiger partial charge >= 0.3 is 0 Å². The fourth-order valence-corrected chi connectivity index (χ4v) is 2.91. The summed E-state index contributed by atoms with van der Waals surface area (Å²) in [6, 6.07) is 6.25. The van der Waals surface area contributed by atoms with Crippen LogP contribution in [0.2, 0.25) is 0 Å². The van der Waals surface area contributed by atoms with Crippen molar-refractivity contribution in [1.29, 1.82) is 0 Å². The smallest absolute Gasteiger partial charge is 0.161 e. The Hall–Kier alpha value is -1.30. The van der Waals surface area contributed by atoms with Crippen molar-refractivity contribution in [2.45, 2.75) is 19.1 Å². The Morgan fingerprint density at radius 1 is 1.24 bits per heavy atom. The Balaban J connectivity index is 1.64. The van der Waals surface area contributed by atoms with Crippen molar-refractivity contribution >= 4 is 0 Å². The number of hydrogen-bond acceptors (Lipinski definition) is 5. The number of piperazine rings is 1. The van der Waals surface area contributed by atoms with Gasteiger partial charge in [0.1, 0.15) is 13.2 Å². The Morgan fingerprint density at radius 2 is 2.00 bits per heavy atom. The molecule has 1 saturated heterocycles. The van der Waals surface area contributed by atoms with Crippen LogP contribution in [-0.2, 0) is 0 Å². The number of likely N-dealkylation sites (N-methyl/N-ethyl adjacent to an activating group) is 1. The molecule has 2 heterocycles. The highest BCUT2D eigenvalue weighted by Gasteiger charge is 2.23. The van der Waals surface area contributed by atoms with Gasteiger partial charge in [-0.2, -0.15) is 0 Å². The molecule has 1 aromatic rings. The minimum Gasteiger partial charge on any atom is -0.486 e. The maximum atomic E-state index is 10.5. The number of β-amino-alcohol motifs (C(OH)–C–C–N with tert-alkyl or cyclic N) is 1. The normalized spacial score (nSPS) is 24.8. The van der Waals surface area contributed by atoms with Gasteiger partial charge in [-0.1, -0.05) is 6.07 Å². The van der Waals surface area contributed by atoms with Gasteiger partial charge in [-0.3, -0.25) is 4.90 Å². The van der Waals surface area contributed by atoms with E-state index in [1.165, 1.54) is 0 Å². The van der Waals surface area contributed by atoms with Crippen molar-refractivity contribution in [2.75, 3.05) is 46.4 Å². The fourth-order valence-electron chi connectivity index (χ4n) is 2.91. The maximum absolute atomic E-state index is 10.5. The predicted octanol–water partition coefficient (Wildman–Crippen LogP) is 1.13. The van der Waals surface area contributed by atoms with Crippen LogP contribution < -0.4 is 9.47 Å². The summed E-state index contributed by atoms with van der Waals surface area (Å²) in [5.41, 5.74) is 0.894. The summed E-state index contributed by atoms with van der Waals surface area (Å²) in [5, 5.41) is 10.5. The third kappa shape index (κ3) is 3.31. The first-order valence-corrected chi connectivity index (χ1v) is 7.63. The lowest BCUT2D eigenvalue weighted by atomic mass is 10.1. The van der Waals surface area contributed by atoms with Crippen LogP contribution in [0, 0.1) is 0 Å². The number of aliphatic hydroxyl groups is 1. The summed E-state index contributed by atoms with van der Waals surface area (Å²) in [5.74, 6) is 1.51. The van der Waals surface area contributed by atoms with Gasteiger partial charge in [0.2, 0.25) is 0 Å². The SMILES string of the molecule is CC1CN(CC(O)c2ccc3c(c2)OCCO3)CCN1C. The lowest BCUT2D eigenvalue weighted by Gasteiger charge is -2.38. The van der Waals surface area contributed by atoms with E-state index >= 15 is 0 Å². The highest BCUT2D eigenvalue weighted by Crippen LogP contribution is 2.32. The van der Waals surface area contributed by atoms with Crippen LogP contribution in [0.15, 0.2) is 18.2 Å². The standard InChI is InChI=1S/C16H24N2O3/c1-12-10-18(6-5-17(12)2)11-14(19)13-3-4-15-16(9-13)21-8-7-20-15/h3-4,9,12,14,19H,5-8,10-11H2,1-2H3. The zero-order valence-electron chi connectivity index (χ0n) is 12.8. The molecule has 116 valence electrons. The average molecular weight is 292 g/mol. The molecule has 0 radical (unpaired) electrons. The summed E-state index contributed by atoms with van der Waals surface area (Å²) >= 11 is 0. The molecule has 0 saturated carbocycles. The molecular weight excluding hydrogens is 268 g/mol. The average Bonchev–Trinajstić information content (AvgIpc) is 2.50. The lowest BCUT2D eigenvalue weighted by Crippen LogP contribution is -2.50. The maximum Gasteiger partial charge on any atom is 0.161 e. The second-order valence-electron chi connectivity index (χ2n) is 6.01. The van der Waals surface area contributed by atoms with Crippen molar-refractivity contribution in [3.63, 3.8) is 0 Å².